The van der Waals surface area contributed by atoms with Gasteiger partial charge in [-0.25, -0.2) is 8.42 Å². The molecule has 0 radical (unpaired) electrons. The molecule has 1 atom stereocenters. The number of fused-ring (bicyclic) bond motifs is 3. The summed E-state index contributed by atoms with van der Waals surface area (Å²) in [5, 5.41) is 10.3. The first kappa shape index (κ1) is 13.1. The lowest BCUT2D eigenvalue weighted by Gasteiger charge is -2.30. The Morgan fingerprint density at radius 3 is 2.75 bits per heavy atom. The Hall–Kier alpha value is -1.86. The lowest BCUT2D eigenvalue weighted by atomic mass is 9.99. The number of rotatable bonds is 2. The molecule has 3 rings (SSSR count). The predicted octanol–water partition coefficient (Wildman–Crippen LogP) is 0.939. The van der Waals surface area contributed by atoms with Gasteiger partial charge in [0.2, 0.25) is 10.0 Å². The zero-order chi connectivity index (χ0) is 14.5. The minimum atomic E-state index is -3.57. The Bertz CT molecular complexity index is 794. The van der Waals surface area contributed by atoms with Crippen LogP contribution >= 0.6 is 0 Å². The largest absolute Gasteiger partial charge is 0.480 e. The molecule has 2 heterocycles. The molecule has 0 saturated heterocycles. The Kier molecular flexibility index (Phi) is 2.84. The van der Waals surface area contributed by atoms with Crippen LogP contribution in [0.1, 0.15) is 11.3 Å². The topological polar surface area (TPSA) is 90.5 Å². The number of hydrogen-bond acceptors (Lipinski definition) is 3. The first-order valence-corrected chi connectivity index (χ1v) is 8.01. The number of hydrogen-bond donors (Lipinski definition) is 2. The van der Waals surface area contributed by atoms with Crippen molar-refractivity contribution in [3.63, 3.8) is 0 Å². The van der Waals surface area contributed by atoms with E-state index in [9.17, 15) is 18.3 Å². The van der Waals surface area contributed by atoms with Crippen LogP contribution in [-0.2, 0) is 27.8 Å². The molecular weight excluding hydrogens is 280 g/mol. The number of aromatic nitrogens is 1. The van der Waals surface area contributed by atoms with Crippen molar-refractivity contribution < 1.29 is 18.3 Å². The Balaban J connectivity index is 2.16. The van der Waals surface area contributed by atoms with Crippen molar-refractivity contribution in [2.24, 2.45) is 0 Å². The van der Waals surface area contributed by atoms with Crippen LogP contribution in [0, 0.1) is 0 Å². The van der Waals surface area contributed by atoms with E-state index in [4.69, 9.17) is 0 Å². The Morgan fingerprint density at radius 2 is 2.10 bits per heavy atom. The standard InChI is InChI=1S/C13H14N2O4S/c1-20(18,19)15-7-11-9(6-12(15)13(16)17)8-4-2-3-5-10(8)14-11/h2-5,12,14H,6-7H2,1H3,(H,16,17)/t12-/m0/s1. The summed E-state index contributed by atoms with van der Waals surface area (Å²) in [5.41, 5.74) is 2.57. The highest BCUT2D eigenvalue weighted by Crippen LogP contribution is 2.31. The highest BCUT2D eigenvalue weighted by atomic mass is 32.2. The van der Waals surface area contributed by atoms with Crippen LogP contribution in [0.2, 0.25) is 0 Å². The summed E-state index contributed by atoms with van der Waals surface area (Å²) < 4.78 is 24.6. The fourth-order valence-corrected chi connectivity index (χ4v) is 3.73. The average Bonchev–Trinajstić information content (AvgIpc) is 2.73. The van der Waals surface area contributed by atoms with Crippen LogP contribution in [0.25, 0.3) is 10.9 Å². The van der Waals surface area contributed by atoms with Gasteiger partial charge in [-0.1, -0.05) is 18.2 Å². The number of aliphatic carboxylic acids is 1. The van der Waals surface area contributed by atoms with Gasteiger partial charge in [0.05, 0.1) is 12.8 Å². The highest BCUT2D eigenvalue weighted by molar-refractivity contribution is 7.88. The van der Waals surface area contributed by atoms with Crippen molar-refractivity contribution in [2.75, 3.05) is 6.26 Å². The first-order valence-electron chi connectivity index (χ1n) is 6.16. The van der Waals surface area contributed by atoms with Gasteiger partial charge in [0, 0.05) is 23.0 Å². The minimum absolute atomic E-state index is 0.0693. The molecule has 1 aromatic heterocycles. The number of carboxylic acids is 1. The predicted molar refractivity (Wildman–Crippen MR) is 73.8 cm³/mol. The second kappa shape index (κ2) is 4.32. The van der Waals surface area contributed by atoms with Crippen molar-refractivity contribution in [1.82, 2.24) is 9.29 Å². The third-order valence-electron chi connectivity index (χ3n) is 3.67. The van der Waals surface area contributed by atoms with Crippen molar-refractivity contribution in [3.05, 3.63) is 35.5 Å². The zero-order valence-electron chi connectivity index (χ0n) is 10.8. The number of nitrogens with one attached hydrogen (secondary N) is 1. The number of sulfonamides is 1. The summed E-state index contributed by atoms with van der Waals surface area (Å²) in [6.45, 7) is 0.0693. The monoisotopic (exact) mass is 294 g/mol. The van der Waals surface area contributed by atoms with Crippen LogP contribution in [0.3, 0.4) is 0 Å². The molecular formula is C13H14N2O4S. The van der Waals surface area contributed by atoms with Gasteiger partial charge >= 0.3 is 5.97 Å². The maximum absolute atomic E-state index is 11.8. The smallest absolute Gasteiger partial charge is 0.322 e. The molecule has 0 bridgehead atoms. The van der Waals surface area contributed by atoms with Gasteiger partial charge in [-0.3, -0.25) is 4.79 Å². The second-order valence-corrected chi connectivity index (χ2v) is 6.93. The minimum Gasteiger partial charge on any atom is -0.480 e. The molecule has 7 heteroatoms. The van der Waals surface area contributed by atoms with E-state index in [0.717, 1.165) is 32.7 Å². The Labute approximate surface area is 116 Å². The number of benzene rings is 1. The van der Waals surface area contributed by atoms with Crippen molar-refractivity contribution in [2.45, 2.75) is 19.0 Å². The molecule has 0 unspecified atom stereocenters. The van der Waals surface area contributed by atoms with Gasteiger partial charge in [-0.15, -0.1) is 0 Å². The maximum Gasteiger partial charge on any atom is 0.322 e. The van der Waals surface area contributed by atoms with Crippen LogP contribution in [0.4, 0.5) is 0 Å². The maximum atomic E-state index is 11.8. The van der Waals surface area contributed by atoms with Gasteiger partial charge in [-0.2, -0.15) is 4.31 Å². The molecule has 1 aliphatic rings. The van der Waals surface area contributed by atoms with Crippen molar-refractivity contribution in [3.8, 4) is 0 Å². The normalized spacial score (nSPS) is 19.9. The fraction of sp³-hybridized carbons (Fsp3) is 0.308. The summed E-state index contributed by atoms with van der Waals surface area (Å²) in [6, 6.07) is 6.54. The van der Waals surface area contributed by atoms with Gasteiger partial charge in [0.1, 0.15) is 6.04 Å². The van der Waals surface area contributed by atoms with E-state index in [-0.39, 0.29) is 13.0 Å². The number of para-hydroxylation sites is 1. The third kappa shape index (κ3) is 1.99. The molecule has 6 nitrogen and oxygen atoms in total. The molecule has 106 valence electrons. The fourth-order valence-electron chi connectivity index (χ4n) is 2.74. The quantitative estimate of drug-likeness (QED) is 0.862. The van der Waals surface area contributed by atoms with Crippen LogP contribution in [0.15, 0.2) is 24.3 Å². The zero-order valence-corrected chi connectivity index (χ0v) is 11.6. The van der Waals surface area contributed by atoms with E-state index in [1.54, 1.807) is 0 Å². The number of H-pyrrole nitrogens is 1. The summed E-state index contributed by atoms with van der Waals surface area (Å²) in [5.74, 6) is -1.12. The summed E-state index contributed by atoms with van der Waals surface area (Å²) in [7, 11) is -3.57. The van der Waals surface area contributed by atoms with Gasteiger partial charge < -0.3 is 10.1 Å². The molecule has 2 N–H and O–H groups in total. The van der Waals surface area contributed by atoms with Crippen molar-refractivity contribution >= 4 is 26.9 Å². The molecule has 20 heavy (non-hydrogen) atoms. The van der Waals surface area contributed by atoms with E-state index in [1.807, 2.05) is 24.3 Å². The number of nitrogens with zero attached hydrogens (tertiary/aromatic N) is 1. The van der Waals surface area contributed by atoms with Crippen LogP contribution in [0.5, 0.6) is 0 Å². The highest BCUT2D eigenvalue weighted by Gasteiger charge is 2.38. The van der Waals surface area contributed by atoms with Crippen LogP contribution < -0.4 is 0 Å². The Morgan fingerprint density at radius 1 is 1.40 bits per heavy atom. The molecule has 1 aliphatic heterocycles. The second-order valence-electron chi connectivity index (χ2n) is 4.99. The number of aromatic amines is 1. The van der Waals surface area contributed by atoms with Crippen LogP contribution in [-0.4, -0.2) is 41.1 Å². The molecule has 0 saturated carbocycles. The summed E-state index contributed by atoms with van der Waals surface area (Å²) >= 11 is 0. The molecule has 2 aromatic rings. The number of carboxylic acid groups (broad SMARTS) is 1. The van der Waals surface area contributed by atoms with Gasteiger partial charge in [-0.05, 0) is 11.6 Å². The molecule has 0 amide bonds. The molecule has 1 aromatic carbocycles. The van der Waals surface area contributed by atoms with Gasteiger partial charge in [0.25, 0.3) is 0 Å². The van der Waals surface area contributed by atoms with E-state index in [2.05, 4.69) is 4.98 Å². The number of carbonyl (C=O) groups is 1. The molecule has 0 fully saturated rings. The molecule has 0 spiro atoms. The van der Waals surface area contributed by atoms with E-state index in [0.29, 0.717) is 0 Å². The van der Waals surface area contributed by atoms with E-state index < -0.39 is 22.0 Å². The molecule has 0 aliphatic carbocycles. The lowest BCUT2D eigenvalue weighted by Crippen LogP contribution is -2.48. The lowest BCUT2D eigenvalue weighted by molar-refractivity contribution is -0.141. The SMILES string of the molecule is CS(=O)(=O)N1Cc2[nH]c3ccccc3c2C[C@H]1C(=O)O. The summed E-state index contributed by atoms with van der Waals surface area (Å²) in [4.78, 5) is 14.5. The summed E-state index contributed by atoms with van der Waals surface area (Å²) in [6.07, 6.45) is 1.22. The van der Waals surface area contributed by atoms with E-state index >= 15 is 0 Å². The first-order chi connectivity index (χ1) is 9.38. The third-order valence-corrected chi connectivity index (χ3v) is 4.91. The van der Waals surface area contributed by atoms with Gasteiger partial charge in [0.15, 0.2) is 0 Å². The van der Waals surface area contributed by atoms with Crippen molar-refractivity contribution in [1.29, 1.82) is 0 Å². The average molecular weight is 294 g/mol. The van der Waals surface area contributed by atoms with E-state index in [1.165, 1.54) is 0 Å².